The van der Waals surface area contributed by atoms with E-state index in [1.54, 1.807) is 4.68 Å². The molecular formula is C20H21FN4O2. The Morgan fingerprint density at radius 3 is 2.63 bits per heavy atom. The first-order chi connectivity index (χ1) is 12.8. The Bertz CT molecular complexity index is 1040. The summed E-state index contributed by atoms with van der Waals surface area (Å²) in [7, 11) is 0. The molecule has 140 valence electrons. The van der Waals surface area contributed by atoms with E-state index in [9.17, 15) is 14.3 Å². The van der Waals surface area contributed by atoms with Gasteiger partial charge >= 0.3 is 5.97 Å². The lowest BCUT2D eigenvalue weighted by Gasteiger charge is -2.37. The highest BCUT2D eigenvalue weighted by atomic mass is 19.1. The number of anilines is 1. The monoisotopic (exact) mass is 368 g/mol. The summed E-state index contributed by atoms with van der Waals surface area (Å²) in [6.45, 7) is 6.56. The Labute approximate surface area is 156 Å². The molecule has 3 aromatic rings. The third-order valence-electron chi connectivity index (χ3n) is 4.83. The quantitative estimate of drug-likeness (QED) is 0.760. The Balaban J connectivity index is 2.04. The van der Waals surface area contributed by atoms with Gasteiger partial charge in [-0.3, -0.25) is 0 Å². The summed E-state index contributed by atoms with van der Waals surface area (Å²) in [6.07, 6.45) is -0.893. The highest BCUT2D eigenvalue weighted by Gasteiger charge is 2.31. The first kappa shape index (κ1) is 17.5. The predicted molar refractivity (Wildman–Crippen MR) is 102 cm³/mol. The van der Waals surface area contributed by atoms with E-state index >= 15 is 0 Å². The average Bonchev–Trinajstić information content (AvgIpc) is 2.98. The van der Waals surface area contributed by atoms with Gasteiger partial charge in [0.1, 0.15) is 6.17 Å². The maximum atomic E-state index is 13.5. The van der Waals surface area contributed by atoms with E-state index in [1.165, 1.54) is 6.07 Å². The number of rotatable bonds is 4. The predicted octanol–water partition coefficient (Wildman–Crippen LogP) is 3.71. The molecule has 0 amide bonds. The molecule has 1 aliphatic heterocycles. The third-order valence-corrected chi connectivity index (χ3v) is 4.83. The number of halogens is 1. The van der Waals surface area contributed by atoms with Crippen molar-refractivity contribution in [1.29, 1.82) is 0 Å². The molecule has 4 rings (SSSR count). The van der Waals surface area contributed by atoms with Crippen LogP contribution in [0.5, 0.6) is 0 Å². The molecule has 0 bridgehead atoms. The van der Waals surface area contributed by atoms with Crippen molar-refractivity contribution in [2.24, 2.45) is 0 Å². The van der Waals surface area contributed by atoms with Crippen molar-refractivity contribution in [2.75, 3.05) is 18.0 Å². The fourth-order valence-corrected chi connectivity index (χ4v) is 3.45. The molecule has 0 saturated carbocycles. The van der Waals surface area contributed by atoms with E-state index in [0.29, 0.717) is 11.3 Å². The summed E-state index contributed by atoms with van der Waals surface area (Å²) in [5, 5.41) is 15.1. The van der Waals surface area contributed by atoms with Crippen molar-refractivity contribution in [3.63, 3.8) is 0 Å². The minimum atomic E-state index is -1.11. The third kappa shape index (κ3) is 2.93. The lowest BCUT2D eigenvalue weighted by Crippen LogP contribution is -2.48. The fraction of sp³-hybridized carbons (Fsp3) is 0.350. The van der Waals surface area contributed by atoms with Crippen LogP contribution in [0, 0.1) is 6.92 Å². The standard InChI is InChI=1S/C20H21FN4O2/c1-11(2)18-17-16(24-9-13(21)10-24)8-15(20(26)27)22-19(17)25(23-18)14-6-4-5-12(3)7-14/h4-8,11,13H,9-10H2,1-3H3,(H,26,27). The maximum absolute atomic E-state index is 13.5. The van der Waals surface area contributed by atoms with Gasteiger partial charge in [0.25, 0.3) is 0 Å². The molecule has 2 aromatic heterocycles. The summed E-state index contributed by atoms with van der Waals surface area (Å²) >= 11 is 0. The number of hydrogen-bond acceptors (Lipinski definition) is 4. The summed E-state index contributed by atoms with van der Waals surface area (Å²) in [5.74, 6) is -1.00. The van der Waals surface area contributed by atoms with E-state index in [1.807, 2.05) is 49.9 Å². The SMILES string of the molecule is Cc1cccc(-n2nc(C(C)C)c3c(N4CC(F)C4)cc(C(=O)O)nc32)c1. The van der Waals surface area contributed by atoms with Crippen LogP contribution in [-0.2, 0) is 0 Å². The van der Waals surface area contributed by atoms with Crippen LogP contribution in [0.15, 0.2) is 30.3 Å². The zero-order valence-electron chi connectivity index (χ0n) is 15.5. The minimum Gasteiger partial charge on any atom is -0.477 e. The Morgan fingerprint density at radius 2 is 2.04 bits per heavy atom. The molecule has 1 aliphatic rings. The molecule has 0 atom stereocenters. The molecule has 1 fully saturated rings. The smallest absolute Gasteiger partial charge is 0.354 e. The van der Waals surface area contributed by atoms with Gasteiger partial charge in [0, 0.05) is 0 Å². The van der Waals surface area contributed by atoms with Crippen LogP contribution in [-0.4, -0.2) is 45.1 Å². The van der Waals surface area contributed by atoms with E-state index < -0.39 is 12.1 Å². The molecule has 27 heavy (non-hydrogen) atoms. The number of aryl methyl sites for hydroxylation is 1. The van der Waals surface area contributed by atoms with Crippen LogP contribution in [0.2, 0.25) is 0 Å². The summed E-state index contributed by atoms with van der Waals surface area (Å²) < 4.78 is 15.2. The molecule has 6 nitrogen and oxygen atoms in total. The number of aromatic carboxylic acids is 1. The fourth-order valence-electron chi connectivity index (χ4n) is 3.45. The van der Waals surface area contributed by atoms with Gasteiger partial charge in [0.05, 0.1) is 35.5 Å². The molecule has 0 unspecified atom stereocenters. The number of carboxylic acid groups (broad SMARTS) is 1. The lowest BCUT2D eigenvalue weighted by atomic mass is 10.0. The number of fused-ring (bicyclic) bond motifs is 1. The van der Waals surface area contributed by atoms with E-state index in [4.69, 9.17) is 5.10 Å². The lowest BCUT2D eigenvalue weighted by molar-refractivity contribution is 0.0691. The van der Waals surface area contributed by atoms with Gasteiger partial charge in [0.15, 0.2) is 11.3 Å². The summed E-state index contributed by atoms with van der Waals surface area (Å²) in [4.78, 5) is 17.9. The zero-order chi connectivity index (χ0) is 19.3. The van der Waals surface area contributed by atoms with Crippen LogP contribution < -0.4 is 4.90 Å². The number of carboxylic acids is 1. The first-order valence-corrected chi connectivity index (χ1v) is 8.98. The minimum absolute atomic E-state index is 0.0658. The van der Waals surface area contributed by atoms with E-state index in [-0.39, 0.29) is 24.7 Å². The van der Waals surface area contributed by atoms with Gasteiger partial charge in [-0.05, 0) is 36.6 Å². The second-order valence-electron chi connectivity index (χ2n) is 7.32. The number of alkyl halides is 1. The average molecular weight is 368 g/mol. The van der Waals surface area contributed by atoms with Crippen LogP contribution in [0.1, 0.15) is 41.5 Å². The van der Waals surface area contributed by atoms with Gasteiger partial charge in [-0.15, -0.1) is 0 Å². The number of hydrogen-bond donors (Lipinski definition) is 1. The topological polar surface area (TPSA) is 71.2 Å². The number of pyridine rings is 1. The molecule has 0 radical (unpaired) electrons. The van der Waals surface area contributed by atoms with Crippen LogP contribution in [0.25, 0.3) is 16.7 Å². The first-order valence-electron chi connectivity index (χ1n) is 8.98. The van der Waals surface area contributed by atoms with Crippen molar-refractivity contribution in [3.05, 3.63) is 47.3 Å². The van der Waals surface area contributed by atoms with Crippen LogP contribution >= 0.6 is 0 Å². The largest absolute Gasteiger partial charge is 0.477 e. The van der Waals surface area contributed by atoms with Gasteiger partial charge in [-0.1, -0.05) is 26.0 Å². The molecule has 1 N–H and O–H groups in total. The number of benzene rings is 1. The van der Waals surface area contributed by atoms with E-state index in [2.05, 4.69) is 4.98 Å². The van der Waals surface area contributed by atoms with Crippen molar-refractivity contribution in [3.8, 4) is 5.69 Å². The van der Waals surface area contributed by atoms with Gasteiger partial charge in [-0.25, -0.2) is 18.9 Å². The molecular weight excluding hydrogens is 347 g/mol. The molecule has 3 heterocycles. The maximum Gasteiger partial charge on any atom is 0.354 e. The van der Waals surface area contributed by atoms with Crippen LogP contribution in [0.4, 0.5) is 10.1 Å². The molecule has 0 aliphatic carbocycles. The highest BCUT2D eigenvalue weighted by Crippen LogP contribution is 2.36. The normalized spacial score (nSPS) is 14.8. The summed E-state index contributed by atoms with van der Waals surface area (Å²) in [5.41, 5.74) is 3.83. The number of aromatic nitrogens is 3. The number of nitrogens with zero attached hydrogens (tertiary/aromatic N) is 4. The van der Waals surface area contributed by atoms with Crippen LogP contribution in [0.3, 0.4) is 0 Å². The Kier molecular flexibility index (Phi) is 4.09. The van der Waals surface area contributed by atoms with Gasteiger partial charge < -0.3 is 10.0 Å². The molecule has 1 saturated heterocycles. The van der Waals surface area contributed by atoms with Crippen molar-refractivity contribution < 1.29 is 14.3 Å². The van der Waals surface area contributed by atoms with Gasteiger partial charge in [0.2, 0.25) is 0 Å². The van der Waals surface area contributed by atoms with E-state index in [0.717, 1.165) is 22.3 Å². The number of carbonyl (C=O) groups is 1. The Hall–Kier alpha value is -2.96. The zero-order valence-corrected chi connectivity index (χ0v) is 15.5. The van der Waals surface area contributed by atoms with Crippen molar-refractivity contribution >= 4 is 22.7 Å². The molecule has 7 heteroatoms. The second kappa shape index (κ2) is 6.33. The van der Waals surface area contributed by atoms with Crippen molar-refractivity contribution in [1.82, 2.24) is 14.8 Å². The second-order valence-corrected chi connectivity index (χ2v) is 7.32. The van der Waals surface area contributed by atoms with Gasteiger partial charge in [-0.2, -0.15) is 5.10 Å². The highest BCUT2D eigenvalue weighted by molar-refractivity contribution is 5.98. The Morgan fingerprint density at radius 1 is 1.30 bits per heavy atom. The summed E-state index contributed by atoms with van der Waals surface area (Å²) in [6, 6.07) is 9.34. The molecule has 0 spiro atoms. The molecule has 1 aromatic carbocycles. The van der Waals surface area contributed by atoms with Crippen molar-refractivity contribution in [2.45, 2.75) is 32.9 Å².